The summed E-state index contributed by atoms with van der Waals surface area (Å²) in [6.45, 7) is 3.36. The molecule has 1 N–H and O–H groups in total. The number of nitrogens with zero attached hydrogens (tertiary/aromatic N) is 2. The molecule has 0 aliphatic carbocycles. The second kappa shape index (κ2) is 11.0. The number of carbonyl (C=O) groups is 4. The lowest BCUT2D eigenvalue weighted by atomic mass is 9.73. The number of benzene rings is 2. The van der Waals surface area contributed by atoms with E-state index in [0.717, 1.165) is 87.5 Å². The van der Waals surface area contributed by atoms with Gasteiger partial charge < -0.3 is 24.7 Å². The summed E-state index contributed by atoms with van der Waals surface area (Å²) < 4.78 is 0. The second-order valence-corrected chi connectivity index (χ2v) is 10.6. The summed E-state index contributed by atoms with van der Waals surface area (Å²) >= 11 is 0. The number of fused-ring (bicyclic) bond motifs is 3. The molecule has 3 heterocycles. The molecule has 1 fully saturated rings. The van der Waals surface area contributed by atoms with Crippen LogP contribution in [-0.4, -0.2) is 59.9 Å². The lowest BCUT2D eigenvalue weighted by Gasteiger charge is -2.38. The first-order valence-electron chi connectivity index (χ1n) is 13.5. The first-order valence-corrected chi connectivity index (χ1v) is 13.5. The Balaban J connectivity index is 1.09. The lowest BCUT2D eigenvalue weighted by Crippen LogP contribution is -2.46. The number of nitrogens with one attached hydrogen (secondary N) is 1. The van der Waals surface area contributed by atoms with Crippen LogP contribution >= 0.6 is 0 Å². The fraction of sp³-hybridized carbons (Fsp3) is 0.467. The molecule has 1 spiro atoms. The van der Waals surface area contributed by atoms with Gasteiger partial charge in [-0.3, -0.25) is 9.59 Å². The number of aldehydes is 2. The van der Waals surface area contributed by atoms with Crippen LogP contribution in [0.25, 0.3) is 0 Å². The van der Waals surface area contributed by atoms with Crippen LogP contribution in [0, 0.1) is 0 Å². The van der Waals surface area contributed by atoms with Crippen LogP contribution in [0.3, 0.4) is 0 Å². The van der Waals surface area contributed by atoms with Crippen molar-refractivity contribution in [1.82, 2.24) is 9.80 Å². The molecule has 5 rings (SSSR count). The fourth-order valence-corrected chi connectivity index (χ4v) is 6.31. The summed E-state index contributed by atoms with van der Waals surface area (Å²) in [6, 6.07) is 13.4. The highest BCUT2D eigenvalue weighted by Crippen LogP contribution is 2.44. The predicted octanol–water partition coefficient (Wildman–Crippen LogP) is 3.89. The van der Waals surface area contributed by atoms with Gasteiger partial charge in [-0.25, -0.2) is 0 Å². The van der Waals surface area contributed by atoms with Gasteiger partial charge in [0.2, 0.25) is 5.91 Å². The molecule has 0 bridgehead atoms. The van der Waals surface area contributed by atoms with Gasteiger partial charge in [-0.15, -0.1) is 0 Å². The van der Waals surface area contributed by atoms with Crippen LogP contribution in [0.4, 0.5) is 5.69 Å². The minimum Gasteiger partial charge on any atom is -0.325 e. The Bertz CT molecular complexity index is 1190. The Morgan fingerprint density at radius 2 is 1.78 bits per heavy atom. The molecule has 0 radical (unpaired) electrons. The van der Waals surface area contributed by atoms with Gasteiger partial charge in [-0.1, -0.05) is 36.8 Å². The van der Waals surface area contributed by atoms with Crippen LogP contribution in [0.5, 0.6) is 0 Å². The Morgan fingerprint density at radius 1 is 0.973 bits per heavy atom. The van der Waals surface area contributed by atoms with Crippen molar-refractivity contribution in [2.24, 2.45) is 0 Å². The monoisotopic (exact) mass is 501 g/mol. The maximum atomic E-state index is 12.9. The largest absolute Gasteiger partial charge is 0.325 e. The number of aryl methyl sites for hydroxylation is 1. The van der Waals surface area contributed by atoms with E-state index < -0.39 is 6.04 Å². The molecule has 3 aliphatic heterocycles. The number of anilines is 1. The number of amides is 2. The highest BCUT2D eigenvalue weighted by atomic mass is 16.2. The van der Waals surface area contributed by atoms with Crippen molar-refractivity contribution in [2.75, 3.05) is 25.0 Å². The third-order valence-corrected chi connectivity index (χ3v) is 8.49. The second-order valence-electron chi connectivity index (χ2n) is 10.6. The van der Waals surface area contributed by atoms with Crippen molar-refractivity contribution < 1.29 is 19.2 Å². The SMILES string of the molecule is O=CCCC(C=O)N1Cc2c(CCCCCN3CCC4(CC3)C(=O)Nc3ccccc34)cccc2C1=O. The van der Waals surface area contributed by atoms with Gasteiger partial charge in [-0.05, 0) is 87.0 Å². The normalized spacial score (nSPS) is 19.0. The number of unbranched alkanes of at least 4 members (excludes halogenated alkanes) is 2. The highest BCUT2D eigenvalue weighted by Gasteiger charge is 2.48. The molecule has 194 valence electrons. The molecule has 2 aromatic rings. The van der Waals surface area contributed by atoms with Crippen molar-refractivity contribution in [2.45, 2.75) is 69.4 Å². The van der Waals surface area contributed by atoms with E-state index in [1.54, 1.807) is 4.90 Å². The quantitative estimate of drug-likeness (QED) is 0.373. The number of likely N-dealkylation sites (tertiary alicyclic amines) is 1. The zero-order valence-corrected chi connectivity index (χ0v) is 21.3. The highest BCUT2D eigenvalue weighted by molar-refractivity contribution is 6.06. The van der Waals surface area contributed by atoms with Crippen LogP contribution in [0.15, 0.2) is 42.5 Å². The minimum atomic E-state index is -0.551. The van der Waals surface area contributed by atoms with Crippen molar-refractivity contribution in [3.8, 4) is 0 Å². The average molecular weight is 502 g/mol. The van der Waals surface area contributed by atoms with E-state index in [2.05, 4.69) is 22.3 Å². The standard InChI is InChI=1S/C30H35N3O4/c34-19-7-10-23(21-35)33-20-25-22(9-6-11-24(25)28(33)36)8-2-1-5-16-32-17-14-30(15-18-32)26-12-3-4-13-27(26)31-29(30)37/h3-4,6,9,11-13,19,21,23H,1-2,5,7-8,10,14-18,20H2,(H,31,37). The minimum absolute atomic E-state index is 0.110. The number of hydrogen-bond donors (Lipinski definition) is 1. The van der Waals surface area contributed by atoms with Crippen LogP contribution < -0.4 is 5.32 Å². The van der Waals surface area contributed by atoms with E-state index >= 15 is 0 Å². The summed E-state index contributed by atoms with van der Waals surface area (Å²) in [7, 11) is 0. The number of piperidine rings is 1. The number of hydrogen-bond acceptors (Lipinski definition) is 5. The van der Waals surface area contributed by atoms with Gasteiger partial charge in [0.1, 0.15) is 12.6 Å². The summed E-state index contributed by atoms with van der Waals surface area (Å²) in [6.07, 6.45) is 8.11. The van der Waals surface area contributed by atoms with E-state index in [9.17, 15) is 19.2 Å². The summed E-state index contributed by atoms with van der Waals surface area (Å²) in [5.41, 5.74) is 4.68. The fourth-order valence-electron chi connectivity index (χ4n) is 6.31. The molecule has 1 unspecified atom stereocenters. The molecule has 3 aliphatic rings. The van der Waals surface area contributed by atoms with Gasteiger partial charge in [0.05, 0.1) is 11.5 Å². The maximum absolute atomic E-state index is 12.9. The molecule has 1 atom stereocenters. The summed E-state index contributed by atoms with van der Waals surface area (Å²) in [4.78, 5) is 52.1. The summed E-state index contributed by atoms with van der Waals surface area (Å²) in [5, 5.41) is 3.08. The molecule has 37 heavy (non-hydrogen) atoms. The number of carbonyl (C=O) groups excluding carboxylic acids is 4. The van der Waals surface area contributed by atoms with Gasteiger partial charge in [0.15, 0.2) is 0 Å². The molecule has 2 aromatic carbocycles. The Kier molecular flexibility index (Phi) is 7.51. The predicted molar refractivity (Wildman–Crippen MR) is 141 cm³/mol. The Labute approximate surface area is 218 Å². The van der Waals surface area contributed by atoms with E-state index in [0.29, 0.717) is 18.5 Å². The van der Waals surface area contributed by atoms with Gasteiger partial charge >= 0.3 is 0 Å². The third-order valence-electron chi connectivity index (χ3n) is 8.49. The molecular weight excluding hydrogens is 466 g/mol. The van der Waals surface area contributed by atoms with E-state index in [-0.39, 0.29) is 23.7 Å². The van der Waals surface area contributed by atoms with Crippen LogP contribution in [-0.2, 0) is 32.8 Å². The Morgan fingerprint density at radius 3 is 2.57 bits per heavy atom. The van der Waals surface area contributed by atoms with Gasteiger partial charge in [0.25, 0.3) is 5.91 Å². The molecule has 1 saturated heterocycles. The molecule has 7 nitrogen and oxygen atoms in total. The van der Waals surface area contributed by atoms with E-state index in [1.807, 2.05) is 30.3 Å². The lowest BCUT2D eigenvalue weighted by molar-refractivity contribution is -0.122. The first kappa shape index (κ1) is 25.3. The van der Waals surface area contributed by atoms with Crippen molar-refractivity contribution >= 4 is 30.1 Å². The maximum Gasteiger partial charge on any atom is 0.255 e. The van der Waals surface area contributed by atoms with Gasteiger partial charge in [0, 0.05) is 24.2 Å². The zero-order chi connectivity index (χ0) is 25.8. The van der Waals surface area contributed by atoms with E-state index in [4.69, 9.17) is 0 Å². The van der Waals surface area contributed by atoms with Crippen LogP contribution in [0.1, 0.15) is 72.0 Å². The topological polar surface area (TPSA) is 86.8 Å². The van der Waals surface area contributed by atoms with Gasteiger partial charge in [-0.2, -0.15) is 0 Å². The van der Waals surface area contributed by atoms with Crippen LogP contribution in [0.2, 0.25) is 0 Å². The Hall–Kier alpha value is -3.32. The van der Waals surface area contributed by atoms with Crippen molar-refractivity contribution in [3.05, 3.63) is 64.7 Å². The van der Waals surface area contributed by atoms with Crippen molar-refractivity contribution in [1.29, 1.82) is 0 Å². The molecule has 0 saturated carbocycles. The summed E-state index contributed by atoms with van der Waals surface area (Å²) in [5.74, 6) is 0.0466. The third kappa shape index (κ3) is 4.85. The van der Waals surface area contributed by atoms with E-state index in [1.165, 1.54) is 5.56 Å². The molecule has 7 heteroatoms. The molecule has 0 aromatic heterocycles. The smallest absolute Gasteiger partial charge is 0.255 e. The molecular formula is C30H35N3O4. The molecule has 2 amide bonds. The average Bonchev–Trinajstić information content (AvgIpc) is 3.40. The number of para-hydroxylation sites is 1. The zero-order valence-electron chi connectivity index (χ0n) is 21.3. The number of rotatable bonds is 11. The van der Waals surface area contributed by atoms with Crippen molar-refractivity contribution in [3.63, 3.8) is 0 Å². The first-order chi connectivity index (χ1) is 18.1.